The van der Waals surface area contributed by atoms with Gasteiger partial charge in [0.15, 0.2) is 0 Å². The smallest absolute Gasteiger partial charge is 0.226 e. The zero-order chi connectivity index (χ0) is 14.7. The minimum absolute atomic E-state index is 0.0150. The van der Waals surface area contributed by atoms with Gasteiger partial charge >= 0.3 is 0 Å². The first kappa shape index (κ1) is 15.7. The van der Waals surface area contributed by atoms with E-state index in [1.54, 1.807) is 0 Å². The third kappa shape index (κ3) is 3.51. The second-order valence-electron chi connectivity index (χ2n) is 6.45. The maximum atomic E-state index is 12.7. The second-order valence-corrected chi connectivity index (χ2v) is 6.45. The first-order chi connectivity index (χ1) is 9.52. The highest BCUT2D eigenvalue weighted by Gasteiger charge is 2.35. The lowest BCUT2D eigenvalue weighted by molar-refractivity contribution is -0.152. The molecular formula is C15H28N2O3. The molecule has 0 aromatic rings. The van der Waals surface area contributed by atoms with E-state index >= 15 is 0 Å². The van der Waals surface area contributed by atoms with Gasteiger partial charge in [0, 0.05) is 18.5 Å². The fourth-order valence-corrected chi connectivity index (χ4v) is 3.42. The molecule has 1 aliphatic heterocycles. The van der Waals surface area contributed by atoms with Crippen LogP contribution in [0.25, 0.3) is 0 Å². The van der Waals surface area contributed by atoms with Crippen LogP contribution in [0.5, 0.6) is 0 Å². The van der Waals surface area contributed by atoms with Gasteiger partial charge in [-0.1, -0.05) is 13.3 Å². The van der Waals surface area contributed by atoms with Crippen LogP contribution in [0, 0.1) is 11.8 Å². The Hall–Kier alpha value is -0.650. The lowest BCUT2D eigenvalue weighted by atomic mass is 9.78. The normalized spacial score (nSPS) is 36.7. The van der Waals surface area contributed by atoms with Crippen LogP contribution in [0.15, 0.2) is 0 Å². The van der Waals surface area contributed by atoms with E-state index in [0.717, 1.165) is 25.7 Å². The Morgan fingerprint density at radius 2 is 2.25 bits per heavy atom. The Morgan fingerprint density at radius 1 is 1.50 bits per heavy atom. The summed E-state index contributed by atoms with van der Waals surface area (Å²) in [4.78, 5) is 14.6. The van der Waals surface area contributed by atoms with Crippen LogP contribution < -0.4 is 5.73 Å². The van der Waals surface area contributed by atoms with Crippen LogP contribution in [-0.2, 0) is 9.53 Å². The second kappa shape index (κ2) is 6.87. The van der Waals surface area contributed by atoms with E-state index in [1.165, 1.54) is 0 Å². The largest absolute Gasteiger partial charge is 0.394 e. The molecule has 2 aliphatic rings. The maximum absolute atomic E-state index is 12.7. The van der Waals surface area contributed by atoms with Crippen molar-refractivity contribution in [2.24, 2.45) is 17.6 Å². The van der Waals surface area contributed by atoms with Crippen LogP contribution in [-0.4, -0.2) is 53.9 Å². The van der Waals surface area contributed by atoms with Crippen molar-refractivity contribution in [1.29, 1.82) is 0 Å². The molecule has 1 amide bonds. The number of carbonyl (C=O) groups is 1. The lowest BCUT2D eigenvalue weighted by Gasteiger charge is -2.40. The van der Waals surface area contributed by atoms with E-state index in [4.69, 9.17) is 10.5 Å². The van der Waals surface area contributed by atoms with Gasteiger partial charge in [0.25, 0.3) is 0 Å². The summed E-state index contributed by atoms with van der Waals surface area (Å²) in [7, 11) is 0. The zero-order valence-electron chi connectivity index (χ0n) is 12.6. The van der Waals surface area contributed by atoms with Gasteiger partial charge in [0.2, 0.25) is 5.91 Å². The number of morpholine rings is 1. The van der Waals surface area contributed by atoms with Crippen molar-refractivity contribution in [3.8, 4) is 0 Å². The quantitative estimate of drug-likeness (QED) is 0.802. The fourth-order valence-electron chi connectivity index (χ4n) is 3.42. The van der Waals surface area contributed by atoms with Crippen molar-refractivity contribution in [3.05, 3.63) is 0 Å². The molecule has 2 fully saturated rings. The molecule has 2 rings (SSSR count). The predicted octanol–water partition coefficient (Wildman–Crippen LogP) is 0.748. The number of rotatable bonds is 3. The number of hydrogen-bond acceptors (Lipinski definition) is 4. The summed E-state index contributed by atoms with van der Waals surface area (Å²) in [5.74, 6) is 0.605. The Morgan fingerprint density at radius 3 is 2.90 bits per heavy atom. The van der Waals surface area contributed by atoms with Crippen molar-refractivity contribution in [2.45, 2.75) is 57.7 Å². The summed E-state index contributed by atoms with van der Waals surface area (Å²) < 4.78 is 5.50. The third-order valence-electron chi connectivity index (χ3n) is 4.84. The maximum Gasteiger partial charge on any atom is 0.226 e. The monoisotopic (exact) mass is 284 g/mol. The number of hydrogen-bond donors (Lipinski definition) is 2. The molecule has 116 valence electrons. The zero-order valence-corrected chi connectivity index (χ0v) is 12.6. The summed E-state index contributed by atoms with van der Waals surface area (Å²) in [5, 5.41) is 9.22. The molecule has 3 N–H and O–H groups in total. The van der Waals surface area contributed by atoms with Crippen molar-refractivity contribution in [2.75, 3.05) is 19.8 Å². The third-order valence-corrected chi connectivity index (χ3v) is 4.84. The van der Waals surface area contributed by atoms with Crippen LogP contribution in [0.1, 0.15) is 39.5 Å². The molecule has 0 bridgehead atoms. The van der Waals surface area contributed by atoms with Crippen LogP contribution in [0.4, 0.5) is 0 Å². The average Bonchev–Trinajstić information content (AvgIpc) is 2.46. The molecule has 1 saturated carbocycles. The van der Waals surface area contributed by atoms with Gasteiger partial charge in [0.05, 0.1) is 25.4 Å². The Labute approximate surface area is 121 Å². The van der Waals surface area contributed by atoms with Crippen molar-refractivity contribution >= 4 is 5.91 Å². The predicted molar refractivity (Wildman–Crippen MR) is 77.1 cm³/mol. The van der Waals surface area contributed by atoms with Crippen LogP contribution in [0.3, 0.4) is 0 Å². The number of nitrogens with two attached hydrogens (primary N) is 1. The minimum atomic E-state index is -0.240. The van der Waals surface area contributed by atoms with E-state index in [9.17, 15) is 9.90 Å². The average molecular weight is 284 g/mol. The molecule has 0 aromatic heterocycles. The number of aliphatic hydroxyl groups is 1. The van der Waals surface area contributed by atoms with E-state index in [2.05, 4.69) is 0 Å². The molecule has 1 saturated heterocycles. The van der Waals surface area contributed by atoms with E-state index in [-0.39, 0.29) is 36.6 Å². The van der Waals surface area contributed by atoms with Gasteiger partial charge < -0.3 is 20.5 Å². The molecule has 5 unspecified atom stereocenters. The van der Waals surface area contributed by atoms with Gasteiger partial charge in [-0.3, -0.25) is 4.79 Å². The van der Waals surface area contributed by atoms with Crippen LogP contribution in [0.2, 0.25) is 0 Å². The van der Waals surface area contributed by atoms with E-state index in [1.807, 2.05) is 18.7 Å². The topological polar surface area (TPSA) is 75.8 Å². The summed E-state index contributed by atoms with van der Waals surface area (Å²) in [6, 6.07) is 0.335. The molecule has 5 nitrogen and oxygen atoms in total. The molecule has 20 heavy (non-hydrogen) atoms. The SMILES string of the molecule is CC(C(=O)N1CC(CO)OCC1C)C1CCCC(N)C1. The van der Waals surface area contributed by atoms with Gasteiger partial charge in [-0.2, -0.15) is 0 Å². The first-order valence-electron chi connectivity index (χ1n) is 7.81. The van der Waals surface area contributed by atoms with Crippen molar-refractivity contribution in [1.82, 2.24) is 4.90 Å². The molecule has 0 aromatic carbocycles. The number of ether oxygens (including phenoxy) is 1. The summed E-state index contributed by atoms with van der Waals surface area (Å²) in [5.41, 5.74) is 6.03. The van der Waals surface area contributed by atoms with Gasteiger partial charge in [-0.15, -0.1) is 0 Å². The van der Waals surface area contributed by atoms with E-state index in [0.29, 0.717) is 19.1 Å². The summed E-state index contributed by atoms with van der Waals surface area (Å²) in [6.07, 6.45) is 4.02. The highest BCUT2D eigenvalue weighted by Crippen LogP contribution is 2.31. The molecule has 1 heterocycles. The highest BCUT2D eigenvalue weighted by atomic mass is 16.5. The van der Waals surface area contributed by atoms with Gasteiger partial charge in [-0.25, -0.2) is 0 Å². The standard InChI is InChI=1S/C15H28N2O3/c1-10-9-20-14(8-18)7-17(10)15(19)11(2)12-4-3-5-13(16)6-12/h10-14,18H,3-9,16H2,1-2H3. The van der Waals surface area contributed by atoms with Crippen molar-refractivity contribution in [3.63, 3.8) is 0 Å². The molecule has 1 aliphatic carbocycles. The number of aliphatic hydroxyl groups excluding tert-OH is 1. The van der Waals surface area contributed by atoms with Crippen molar-refractivity contribution < 1.29 is 14.6 Å². The highest BCUT2D eigenvalue weighted by molar-refractivity contribution is 5.79. The van der Waals surface area contributed by atoms with Gasteiger partial charge in [-0.05, 0) is 32.1 Å². The van der Waals surface area contributed by atoms with E-state index < -0.39 is 0 Å². The number of amides is 1. The molecule has 0 radical (unpaired) electrons. The Bertz CT molecular complexity index is 337. The number of carbonyl (C=O) groups excluding carboxylic acids is 1. The Kier molecular flexibility index (Phi) is 5.41. The Balaban J connectivity index is 1.97. The fraction of sp³-hybridized carbons (Fsp3) is 0.933. The summed E-state index contributed by atoms with van der Waals surface area (Å²) >= 11 is 0. The lowest BCUT2D eigenvalue weighted by Crippen LogP contribution is -2.54. The minimum Gasteiger partial charge on any atom is -0.394 e. The number of nitrogens with zero attached hydrogens (tertiary/aromatic N) is 1. The first-order valence-corrected chi connectivity index (χ1v) is 7.81. The van der Waals surface area contributed by atoms with Crippen LogP contribution >= 0.6 is 0 Å². The molecule has 5 heteroatoms. The summed E-state index contributed by atoms with van der Waals surface area (Å²) in [6.45, 7) is 5.01. The molecular weight excluding hydrogens is 256 g/mol. The molecule has 0 spiro atoms. The van der Waals surface area contributed by atoms with Gasteiger partial charge in [0.1, 0.15) is 0 Å². The molecule has 5 atom stereocenters.